The maximum Gasteiger partial charge on any atom is 0.119 e. The third-order valence-corrected chi connectivity index (χ3v) is 28.1. The van der Waals surface area contributed by atoms with Crippen molar-refractivity contribution < 1.29 is 0 Å². The zero-order chi connectivity index (χ0) is 62.7. The lowest BCUT2D eigenvalue weighted by Crippen LogP contribution is -2.62. The van der Waals surface area contributed by atoms with Gasteiger partial charge in [-0.15, -0.1) is 81.6 Å². The van der Waals surface area contributed by atoms with Gasteiger partial charge < -0.3 is 36.5 Å². The van der Waals surface area contributed by atoms with Gasteiger partial charge in [0.1, 0.15) is 101 Å². The Labute approximate surface area is 554 Å². The van der Waals surface area contributed by atoms with Crippen LogP contribution in [-0.2, 0) is 0 Å². The third-order valence-electron chi connectivity index (χ3n) is 28.1. The van der Waals surface area contributed by atoms with E-state index in [9.17, 15) is 0 Å². The molecule has 8 aromatic heterocycles. The van der Waals surface area contributed by atoms with E-state index in [1.165, 1.54) is 51.4 Å². The Morgan fingerprint density at radius 2 is 0.271 bits per heavy atom. The molecule has 0 spiro atoms. The standard InChI is InChI=1S/C64H88N32/c1-2-10-34-33(9-1)49(89-17-65-66-18-89)41-42(50(34)90-19-67-68-20-90)58-81-57(41)85-59-43-44(52(92-23-71-72-24-92)36-12-4-3-11-35(36)51(43)91-21-69-70-22-91)61(82-59)87-63-47-48(56(96-31-79-80-32-96)40-16-8-7-15-39(40)55(47)95-29-77-78-30-95)64(84-63)88-62-46-45(60(83-62)86-58)53(93-25-73-74-26-93)37-13-5-6-14-38(37)54(46)94-27-75-76-28-94/h17-64,81-88H,1-16H2. The minimum absolute atomic E-state index is 0.0307. The first-order chi connectivity index (χ1) is 47.7. The Kier molecular flexibility index (Phi) is 14.0. The molecular weight excluding hydrogens is 1220 g/mol. The molecule has 5 aliphatic heterocycles. The summed E-state index contributed by atoms with van der Waals surface area (Å²) >= 11 is 0. The molecule has 96 heavy (non-hydrogen) atoms. The lowest BCUT2D eigenvalue weighted by Gasteiger charge is -2.55. The van der Waals surface area contributed by atoms with Gasteiger partial charge in [0.15, 0.2) is 0 Å². The molecule has 0 aromatic carbocycles. The molecule has 504 valence electrons. The summed E-state index contributed by atoms with van der Waals surface area (Å²) in [6.45, 7) is 0. The Morgan fingerprint density at radius 1 is 0.167 bits per heavy atom. The number of hydrogen-bond acceptors (Lipinski definition) is 24. The topological polar surface area (TPSA) is 342 Å². The van der Waals surface area contributed by atoms with Crippen molar-refractivity contribution in [3.8, 4) is 0 Å². The summed E-state index contributed by atoms with van der Waals surface area (Å²) in [5, 5.41) is 111. The van der Waals surface area contributed by atoms with Gasteiger partial charge in [-0.1, -0.05) is 51.4 Å². The van der Waals surface area contributed by atoms with Crippen LogP contribution in [0, 0.1) is 94.7 Å². The van der Waals surface area contributed by atoms with Gasteiger partial charge in [-0.05, 0) is 98.7 Å². The molecule has 21 rings (SSSR count). The molecule has 0 radical (unpaired) electrons. The van der Waals surface area contributed by atoms with Crippen molar-refractivity contribution in [3.63, 3.8) is 0 Å². The van der Waals surface area contributed by atoms with Crippen LogP contribution in [-0.4, -0.2) is 167 Å². The molecule has 32 nitrogen and oxygen atoms in total. The molecule has 8 aliphatic carbocycles. The fraction of sp³-hybridized carbons (Fsp3) is 0.750. The number of rotatable bonds is 8. The monoisotopic (exact) mass is 1300 g/mol. The number of nitrogens with one attached hydrogen (secondary N) is 8. The first-order valence-electron chi connectivity index (χ1n) is 36.5. The van der Waals surface area contributed by atoms with E-state index in [2.05, 4.69) is 139 Å². The van der Waals surface area contributed by atoms with Crippen LogP contribution in [0.15, 0.2) is 101 Å². The van der Waals surface area contributed by atoms with Gasteiger partial charge in [-0.2, -0.15) is 0 Å². The fourth-order valence-electron chi connectivity index (χ4n) is 25.6. The molecule has 0 amide bonds. The average molecular weight is 1310 g/mol. The second kappa shape index (κ2) is 23.2. The van der Waals surface area contributed by atoms with E-state index < -0.39 is 0 Å². The van der Waals surface area contributed by atoms with Gasteiger partial charge in [0.25, 0.3) is 0 Å². The highest BCUT2D eigenvalue weighted by Gasteiger charge is 2.69. The maximum atomic E-state index is 4.69. The van der Waals surface area contributed by atoms with Gasteiger partial charge in [0, 0.05) is 95.7 Å². The van der Waals surface area contributed by atoms with E-state index in [-0.39, 0.29) is 145 Å². The van der Waals surface area contributed by atoms with Crippen molar-refractivity contribution in [1.29, 1.82) is 0 Å². The lowest BCUT2D eigenvalue weighted by molar-refractivity contribution is -0.0501. The highest BCUT2D eigenvalue weighted by molar-refractivity contribution is 5.21. The predicted molar refractivity (Wildman–Crippen MR) is 338 cm³/mol. The van der Waals surface area contributed by atoms with E-state index >= 15 is 0 Å². The predicted octanol–water partition coefficient (Wildman–Crippen LogP) is 2.25. The number of aromatic nitrogens is 24. The van der Waals surface area contributed by atoms with Gasteiger partial charge in [-0.25, -0.2) is 0 Å². The Morgan fingerprint density at radius 3 is 0.375 bits per heavy atom. The lowest BCUT2D eigenvalue weighted by atomic mass is 9.56. The normalized spacial score (nSPS) is 46.2. The average Bonchev–Trinajstić information content (AvgIpc) is 1.50. The van der Waals surface area contributed by atoms with Crippen LogP contribution in [0.4, 0.5) is 0 Å². The molecule has 8 aromatic rings. The molecule has 8 bridgehead atoms. The summed E-state index contributed by atoms with van der Waals surface area (Å²) < 4.78 is 19.2. The SMILES string of the molecule is c1nncn1C1C2CCCCC2C(n2cnnc2)C2C3NC(NC4NC(NC5NC(NC6NC(N3)C3C6C(n6cnnc6)C6CCCCC6C3n3cnnc3)C3C5C(n5cnnc5)C5CCCCC5C3n3cnnc3)C3C4C(n4cnnc4)C4CCCCC4C3n3cnnc3)C21. The molecule has 13 fully saturated rings. The molecular formula is C64H88N32. The summed E-state index contributed by atoms with van der Waals surface area (Å²) in [5.41, 5.74) is 0. The van der Waals surface area contributed by atoms with Crippen LogP contribution in [0.2, 0.25) is 0 Å². The van der Waals surface area contributed by atoms with Gasteiger partial charge in [0.05, 0.1) is 49.3 Å². The van der Waals surface area contributed by atoms with Crippen LogP contribution < -0.4 is 42.5 Å². The zero-order valence-corrected chi connectivity index (χ0v) is 53.8. The molecule has 13 heterocycles. The largest absolute Gasteiger partial charge is 0.316 e. The van der Waals surface area contributed by atoms with Gasteiger partial charge in [-0.3, -0.25) is 42.5 Å². The van der Waals surface area contributed by atoms with Crippen LogP contribution in [0.25, 0.3) is 0 Å². The van der Waals surface area contributed by atoms with Crippen molar-refractivity contribution in [2.24, 2.45) is 94.7 Å². The van der Waals surface area contributed by atoms with Gasteiger partial charge >= 0.3 is 0 Å². The number of fused-ring (bicyclic) bond motifs is 24. The van der Waals surface area contributed by atoms with Gasteiger partial charge in [0.2, 0.25) is 0 Å². The molecule has 24 unspecified atom stereocenters. The fourth-order valence-corrected chi connectivity index (χ4v) is 25.6. The van der Waals surface area contributed by atoms with E-state index in [0.717, 1.165) is 51.4 Å². The van der Waals surface area contributed by atoms with E-state index in [1.807, 2.05) is 101 Å². The summed E-state index contributed by atoms with van der Waals surface area (Å²) in [6, 6.07) is 0.554. The van der Waals surface area contributed by atoms with E-state index in [1.54, 1.807) is 0 Å². The first kappa shape index (κ1) is 57.8. The highest BCUT2D eigenvalue weighted by atomic mass is 15.5. The molecule has 32 heteroatoms. The van der Waals surface area contributed by atoms with E-state index in [0.29, 0.717) is 47.3 Å². The molecule has 24 atom stereocenters. The smallest absolute Gasteiger partial charge is 0.119 e. The molecule has 13 aliphatic rings. The van der Waals surface area contributed by atoms with Crippen molar-refractivity contribution in [3.05, 3.63) is 101 Å². The summed E-state index contributed by atoms with van der Waals surface area (Å²) in [7, 11) is 0. The number of hydrogen-bond donors (Lipinski definition) is 8. The van der Waals surface area contributed by atoms with Crippen LogP contribution in [0.1, 0.15) is 151 Å². The zero-order valence-electron chi connectivity index (χ0n) is 53.8. The molecule has 5 saturated heterocycles. The second-order valence-corrected chi connectivity index (χ2v) is 31.4. The van der Waals surface area contributed by atoms with Crippen molar-refractivity contribution in [2.75, 3.05) is 0 Å². The van der Waals surface area contributed by atoms with Crippen molar-refractivity contribution in [2.45, 2.75) is 200 Å². The Balaban J connectivity index is 0.795. The molecule has 8 N–H and O–H groups in total. The third kappa shape index (κ3) is 8.84. The first-order valence-corrected chi connectivity index (χ1v) is 36.5. The van der Waals surface area contributed by atoms with Crippen LogP contribution in [0.3, 0.4) is 0 Å². The minimum atomic E-state index is -0.216. The van der Waals surface area contributed by atoms with Crippen molar-refractivity contribution in [1.82, 2.24) is 161 Å². The minimum Gasteiger partial charge on any atom is -0.316 e. The van der Waals surface area contributed by atoms with Crippen LogP contribution in [0.5, 0.6) is 0 Å². The Hall–Kier alpha value is -7.20. The summed E-state index contributed by atoms with van der Waals surface area (Å²) in [5.74, 6) is 2.93. The molecule has 8 saturated carbocycles. The highest BCUT2D eigenvalue weighted by Crippen LogP contribution is 2.65. The summed E-state index contributed by atoms with van der Waals surface area (Å²) in [6.07, 6.45) is 48.7. The van der Waals surface area contributed by atoms with Crippen molar-refractivity contribution >= 4 is 0 Å². The van der Waals surface area contributed by atoms with Crippen LogP contribution >= 0.6 is 0 Å². The summed E-state index contributed by atoms with van der Waals surface area (Å²) in [4.78, 5) is 0. The van der Waals surface area contributed by atoms with E-state index in [4.69, 9.17) is 21.3 Å². The second-order valence-electron chi connectivity index (χ2n) is 31.4. The quantitative estimate of drug-likeness (QED) is 0.108. The Bertz CT molecular complexity index is 3110. The number of nitrogens with zero attached hydrogens (tertiary/aromatic N) is 24. The maximum absolute atomic E-state index is 4.69.